The molecule has 5 aromatic rings. The number of para-hydroxylation sites is 1. The van der Waals surface area contributed by atoms with Crippen LogP contribution in [0.15, 0.2) is 78.0 Å². The molecule has 5 rings (SSSR count). The summed E-state index contributed by atoms with van der Waals surface area (Å²) in [5.41, 5.74) is 6.73. The van der Waals surface area contributed by atoms with Gasteiger partial charge in [0.15, 0.2) is 0 Å². The third-order valence-corrected chi connectivity index (χ3v) is 5.86. The van der Waals surface area contributed by atoms with Crippen LogP contribution < -0.4 is 21.3 Å². The number of nitrogen functional groups attached to an aromatic ring is 1. The molecule has 10 nitrogen and oxygen atoms in total. The lowest BCUT2D eigenvalue weighted by molar-refractivity contribution is -0.274. The quantitative estimate of drug-likeness (QED) is 0.309. The molecule has 0 amide bonds. The number of nitrogens with two attached hydrogens (primary N) is 1. The average Bonchev–Trinajstić information content (AvgIpc) is 2.92. The number of hydrogen-bond acceptors (Lipinski definition) is 9. The molecule has 3 heterocycles. The Morgan fingerprint density at radius 1 is 1.07 bits per heavy atom. The van der Waals surface area contributed by atoms with Crippen LogP contribution in [0.3, 0.4) is 0 Å². The SMILES string of the molecule is CC(Nc1nc(N)ncc1C#N)c1nc2cccc(-c3cncc(OC(F)(F)F)c3)c2c(=O)n1-c1ccccc1. The van der Waals surface area contributed by atoms with Crippen molar-refractivity contribution in [3.05, 3.63) is 94.9 Å². The van der Waals surface area contributed by atoms with Crippen LogP contribution in [0.25, 0.3) is 27.7 Å². The summed E-state index contributed by atoms with van der Waals surface area (Å²) in [5, 5.41) is 12.7. The van der Waals surface area contributed by atoms with E-state index in [2.05, 4.69) is 25.0 Å². The average molecular weight is 544 g/mol. The smallest absolute Gasteiger partial charge is 0.404 e. The highest BCUT2D eigenvalue weighted by Gasteiger charge is 2.31. The molecule has 0 spiro atoms. The number of alkyl halides is 3. The van der Waals surface area contributed by atoms with Gasteiger partial charge in [-0.1, -0.05) is 30.3 Å². The van der Waals surface area contributed by atoms with Gasteiger partial charge in [0.2, 0.25) is 5.95 Å². The van der Waals surface area contributed by atoms with Crippen LogP contribution in [0.4, 0.5) is 24.9 Å². The molecule has 3 aromatic heterocycles. The zero-order chi connectivity index (χ0) is 28.4. The van der Waals surface area contributed by atoms with Gasteiger partial charge in [-0.3, -0.25) is 14.3 Å². The van der Waals surface area contributed by atoms with Crippen molar-refractivity contribution in [1.82, 2.24) is 24.5 Å². The minimum atomic E-state index is -4.90. The Balaban J connectivity index is 1.71. The van der Waals surface area contributed by atoms with Crippen molar-refractivity contribution in [3.63, 3.8) is 0 Å². The minimum absolute atomic E-state index is 0.0457. The first kappa shape index (κ1) is 26.1. The fourth-order valence-corrected chi connectivity index (χ4v) is 4.22. The Morgan fingerprint density at radius 3 is 2.58 bits per heavy atom. The number of ether oxygens (including phenoxy) is 1. The van der Waals surface area contributed by atoms with Crippen molar-refractivity contribution in [1.29, 1.82) is 5.26 Å². The monoisotopic (exact) mass is 544 g/mol. The van der Waals surface area contributed by atoms with Crippen LogP contribution in [0, 0.1) is 11.3 Å². The first-order valence-corrected chi connectivity index (χ1v) is 11.8. The van der Waals surface area contributed by atoms with Crippen molar-refractivity contribution in [2.75, 3.05) is 11.1 Å². The van der Waals surface area contributed by atoms with E-state index in [1.807, 2.05) is 6.07 Å². The summed E-state index contributed by atoms with van der Waals surface area (Å²) in [6.07, 6.45) is -1.35. The van der Waals surface area contributed by atoms with Gasteiger partial charge in [0.05, 0.1) is 35.0 Å². The van der Waals surface area contributed by atoms with Gasteiger partial charge in [-0.25, -0.2) is 9.97 Å². The lowest BCUT2D eigenvalue weighted by Gasteiger charge is -2.21. The summed E-state index contributed by atoms with van der Waals surface area (Å²) in [4.78, 5) is 30.7. The van der Waals surface area contributed by atoms with Crippen molar-refractivity contribution < 1.29 is 17.9 Å². The number of benzene rings is 2. The van der Waals surface area contributed by atoms with Crippen LogP contribution in [-0.2, 0) is 0 Å². The topological polar surface area (TPSA) is 145 Å². The van der Waals surface area contributed by atoms with Crippen molar-refractivity contribution >= 4 is 22.7 Å². The van der Waals surface area contributed by atoms with Crippen LogP contribution >= 0.6 is 0 Å². The largest absolute Gasteiger partial charge is 0.573 e. The number of anilines is 2. The van der Waals surface area contributed by atoms with Crippen LogP contribution in [0.5, 0.6) is 5.75 Å². The number of halogens is 3. The molecule has 0 aliphatic heterocycles. The fourth-order valence-electron chi connectivity index (χ4n) is 4.22. The van der Waals surface area contributed by atoms with E-state index in [1.54, 1.807) is 55.5 Å². The second kappa shape index (κ2) is 10.3. The van der Waals surface area contributed by atoms with E-state index in [1.165, 1.54) is 17.0 Å². The van der Waals surface area contributed by atoms with Gasteiger partial charge < -0.3 is 15.8 Å². The highest BCUT2D eigenvalue weighted by Crippen LogP contribution is 2.31. The number of nitrogens with zero attached hydrogens (tertiary/aromatic N) is 6. The first-order chi connectivity index (χ1) is 19.1. The molecule has 40 heavy (non-hydrogen) atoms. The minimum Gasteiger partial charge on any atom is -0.404 e. The molecule has 1 atom stereocenters. The third-order valence-electron chi connectivity index (χ3n) is 5.86. The maximum Gasteiger partial charge on any atom is 0.573 e. The van der Waals surface area contributed by atoms with Gasteiger partial charge in [0.1, 0.15) is 29.0 Å². The van der Waals surface area contributed by atoms with E-state index < -0.39 is 23.7 Å². The first-order valence-electron chi connectivity index (χ1n) is 11.8. The van der Waals surface area contributed by atoms with Gasteiger partial charge in [0.25, 0.3) is 5.56 Å². The van der Waals surface area contributed by atoms with Crippen LogP contribution in [-0.4, -0.2) is 30.9 Å². The highest BCUT2D eigenvalue weighted by molar-refractivity contribution is 5.94. The molecule has 0 fully saturated rings. The summed E-state index contributed by atoms with van der Waals surface area (Å²) >= 11 is 0. The lowest BCUT2D eigenvalue weighted by Crippen LogP contribution is -2.28. The fraction of sp³-hybridized carbons (Fsp3) is 0.111. The van der Waals surface area contributed by atoms with E-state index in [9.17, 15) is 23.2 Å². The van der Waals surface area contributed by atoms with Crippen LogP contribution in [0.2, 0.25) is 0 Å². The zero-order valence-electron chi connectivity index (χ0n) is 20.7. The van der Waals surface area contributed by atoms with E-state index in [0.29, 0.717) is 16.8 Å². The second-order valence-corrected chi connectivity index (χ2v) is 8.57. The maximum atomic E-state index is 14.2. The number of aromatic nitrogens is 5. The van der Waals surface area contributed by atoms with Gasteiger partial charge in [-0.2, -0.15) is 10.2 Å². The second-order valence-electron chi connectivity index (χ2n) is 8.57. The molecule has 2 aromatic carbocycles. The standard InChI is InChI=1S/C27H19F3N8O2/c1-15(35-23-17(11-31)13-34-26(32)37-23)24-36-21-9-5-8-20(16-10-19(14-33-12-16)40-27(28,29)30)22(21)25(39)38(24)18-6-3-2-4-7-18/h2-10,12-15H,1H3,(H3,32,34,35,37). The highest BCUT2D eigenvalue weighted by atomic mass is 19.4. The van der Waals surface area contributed by atoms with E-state index in [4.69, 9.17) is 10.7 Å². The molecule has 0 aliphatic rings. The van der Waals surface area contributed by atoms with Crippen molar-refractivity contribution in [3.8, 4) is 28.6 Å². The molecule has 200 valence electrons. The van der Waals surface area contributed by atoms with E-state index in [0.717, 1.165) is 12.3 Å². The molecule has 0 radical (unpaired) electrons. The van der Waals surface area contributed by atoms with Crippen molar-refractivity contribution in [2.24, 2.45) is 0 Å². The zero-order valence-corrected chi connectivity index (χ0v) is 20.7. The summed E-state index contributed by atoms with van der Waals surface area (Å²) < 4.78 is 43.9. The van der Waals surface area contributed by atoms with Gasteiger partial charge >= 0.3 is 6.36 Å². The summed E-state index contributed by atoms with van der Waals surface area (Å²) in [5.74, 6) is -0.118. The summed E-state index contributed by atoms with van der Waals surface area (Å²) in [6.45, 7) is 1.73. The Morgan fingerprint density at radius 2 is 1.85 bits per heavy atom. The normalized spacial score (nSPS) is 12.1. The van der Waals surface area contributed by atoms with Crippen molar-refractivity contribution in [2.45, 2.75) is 19.3 Å². The molecular formula is C27H19F3N8O2. The Hall–Kier alpha value is -5.51. The lowest BCUT2D eigenvalue weighted by atomic mass is 10.0. The molecule has 0 bridgehead atoms. The molecular weight excluding hydrogens is 525 g/mol. The molecule has 1 unspecified atom stereocenters. The Kier molecular flexibility index (Phi) is 6.75. The van der Waals surface area contributed by atoms with E-state index in [-0.39, 0.29) is 34.1 Å². The number of nitrogens with one attached hydrogen (secondary N) is 1. The molecule has 0 saturated heterocycles. The van der Waals surface area contributed by atoms with Crippen LogP contribution in [0.1, 0.15) is 24.4 Å². The summed E-state index contributed by atoms with van der Waals surface area (Å²) in [6, 6.07) is 16.1. The Labute approximate surface area is 224 Å². The Bertz CT molecular complexity index is 1820. The molecule has 3 N–H and O–H groups in total. The third kappa shape index (κ3) is 5.23. The number of hydrogen-bond donors (Lipinski definition) is 2. The van der Waals surface area contributed by atoms with E-state index >= 15 is 0 Å². The number of fused-ring (bicyclic) bond motifs is 1. The predicted molar refractivity (Wildman–Crippen MR) is 140 cm³/mol. The number of pyridine rings is 1. The van der Waals surface area contributed by atoms with Gasteiger partial charge in [0, 0.05) is 11.8 Å². The summed E-state index contributed by atoms with van der Waals surface area (Å²) in [7, 11) is 0. The maximum absolute atomic E-state index is 14.2. The molecule has 0 saturated carbocycles. The van der Waals surface area contributed by atoms with Gasteiger partial charge in [-0.15, -0.1) is 13.2 Å². The predicted octanol–water partition coefficient (Wildman–Crippen LogP) is 4.76. The molecule has 0 aliphatic carbocycles. The number of nitriles is 1. The van der Waals surface area contributed by atoms with Gasteiger partial charge in [-0.05, 0) is 36.8 Å². The number of rotatable bonds is 6. The molecule has 13 heteroatoms.